The van der Waals surface area contributed by atoms with E-state index in [-0.39, 0.29) is 5.91 Å². The summed E-state index contributed by atoms with van der Waals surface area (Å²) >= 11 is 0. The average molecular weight is 273 g/mol. The third-order valence-corrected chi connectivity index (χ3v) is 5.66. The quantitative estimate of drug-likeness (QED) is 0.893. The summed E-state index contributed by atoms with van der Waals surface area (Å²) in [4.78, 5) is 15.0. The molecule has 0 bridgehead atoms. The van der Waals surface area contributed by atoms with Crippen LogP contribution in [0.1, 0.15) is 42.7 Å². The summed E-state index contributed by atoms with van der Waals surface area (Å²) in [5.41, 5.74) is 0.898. The van der Waals surface area contributed by atoms with Crippen molar-refractivity contribution in [2.45, 2.75) is 38.3 Å². The molecule has 20 heavy (non-hydrogen) atoms. The molecule has 3 heterocycles. The fraction of sp³-hybridized carbons (Fsp3) is 0.688. The second-order valence-electron chi connectivity index (χ2n) is 6.67. The molecule has 2 aliphatic heterocycles. The Kier molecular flexibility index (Phi) is 2.88. The van der Waals surface area contributed by atoms with Gasteiger partial charge in [-0.25, -0.2) is 0 Å². The largest absolute Gasteiger partial charge is 0.340 e. The maximum atomic E-state index is 12.9. The van der Waals surface area contributed by atoms with Gasteiger partial charge in [0.15, 0.2) is 0 Å². The van der Waals surface area contributed by atoms with Gasteiger partial charge < -0.3 is 14.8 Å². The molecule has 1 saturated carbocycles. The fourth-order valence-electron chi connectivity index (χ4n) is 4.14. The first kappa shape index (κ1) is 12.5. The number of hydrogen-bond donors (Lipinski definition) is 1. The van der Waals surface area contributed by atoms with E-state index >= 15 is 0 Å². The maximum absolute atomic E-state index is 12.9. The van der Waals surface area contributed by atoms with Gasteiger partial charge in [-0.2, -0.15) is 0 Å². The Balaban J connectivity index is 1.57. The highest BCUT2D eigenvalue weighted by Gasteiger charge is 2.44. The van der Waals surface area contributed by atoms with Gasteiger partial charge in [-0.15, -0.1) is 0 Å². The number of hydrogen-bond acceptors (Lipinski definition) is 2. The van der Waals surface area contributed by atoms with Crippen LogP contribution < -0.4 is 5.32 Å². The summed E-state index contributed by atoms with van der Waals surface area (Å²) in [6.07, 6.45) is 5.83. The van der Waals surface area contributed by atoms with Crippen molar-refractivity contribution in [2.24, 2.45) is 11.8 Å². The van der Waals surface area contributed by atoms with E-state index in [0.29, 0.717) is 23.9 Å². The molecular formula is C16H23N3O. The molecule has 4 nitrogen and oxygen atoms in total. The highest BCUT2D eigenvalue weighted by atomic mass is 16.2. The van der Waals surface area contributed by atoms with E-state index in [1.807, 2.05) is 12.1 Å². The molecule has 4 heteroatoms. The molecule has 3 unspecified atom stereocenters. The summed E-state index contributed by atoms with van der Waals surface area (Å²) in [5, 5.41) is 3.45. The van der Waals surface area contributed by atoms with Gasteiger partial charge in [0, 0.05) is 37.9 Å². The molecular weight excluding hydrogens is 250 g/mol. The van der Waals surface area contributed by atoms with Crippen molar-refractivity contribution >= 4 is 5.91 Å². The second kappa shape index (κ2) is 4.62. The molecule has 1 aromatic rings. The number of amides is 1. The van der Waals surface area contributed by atoms with Crippen LogP contribution >= 0.6 is 0 Å². The Morgan fingerprint density at radius 3 is 2.90 bits per heavy atom. The van der Waals surface area contributed by atoms with Crippen LogP contribution in [-0.2, 0) is 0 Å². The highest BCUT2D eigenvalue weighted by molar-refractivity contribution is 5.93. The van der Waals surface area contributed by atoms with Crippen molar-refractivity contribution < 1.29 is 4.79 Å². The summed E-state index contributed by atoms with van der Waals surface area (Å²) in [5.74, 6) is 1.54. The molecule has 4 rings (SSSR count). The summed E-state index contributed by atoms with van der Waals surface area (Å²) in [6, 6.07) is 4.95. The Hall–Kier alpha value is -1.29. The predicted molar refractivity (Wildman–Crippen MR) is 77.7 cm³/mol. The lowest BCUT2D eigenvalue weighted by Crippen LogP contribution is -2.39. The monoisotopic (exact) mass is 273 g/mol. The average Bonchev–Trinajstić information content (AvgIpc) is 3.05. The molecule has 3 atom stereocenters. The summed E-state index contributed by atoms with van der Waals surface area (Å²) < 4.78 is 2.21. The highest BCUT2D eigenvalue weighted by Crippen LogP contribution is 2.36. The lowest BCUT2D eigenvalue weighted by Gasteiger charge is -2.31. The van der Waals surface area contributed by atoms with E-state index in [0.717, 1.165) is 25.3 Å². The molecule has 0 spiro atoms. The Bertz CT molecular complexity index is 520. The standard InChI is InChI=1S/C16H23N3O/c1-11-14-9-17-8-12(14)10-19(11)16(20)15-6-3-7-18(15)13-4-2-5-13/h3,6-7,11-14,17H,2,4-5,8-10H2,1H3. The zero-order chi connectivity index (χ0) is 13.7. The SMILES string of the molecule is CC1C2CNCC2CN1C(=O)c1cccn1C1CCC1. The number of nitrogens with one attached hydrogen (secondary N) is 1. The van der Waals surface area contributed by atoms with Crippen LogP contribution in [-0.4, -0.2) is 41.1 Å². The Morgan fingerprint density at radius 1 is 1.35 bits per heavy atom. The molecule has 0 aromatic carbocycles. The normalized spacial score (nSPS) is 33.2. The van der Waals surface area contributed by atoms with Crippen LogP contribution in [0.15, 0.2) is 18.3 Å². The van der Waals surface area contributed by atoms with Crippen molar-refractivity contribution in [1.82, 2.24) is 14.8 Å². The number of nitrogens with zero attached hydrogens (tertiary/aromatic N) is 2. The van der Waals surface area contributed by atoms with Crippen LogP contribution in [0.25, 0.3) is 0 Å². The first-order chi connectivity index (χ1) is 9.75. The van der Waals surface area contributed by atoms with E-state index in [2.05, 4.69) is 27.9 Å². The molecule has 3 fully saturated rings. The van der Waals surface area contributed by atoms with Gasteiger partial charge in [0.2, 0.25) is 0 Å². The van der Waals surface area contributed by atoms with Gasteiger partial charge >= 0.3 is 0 Å². The zero-order valence-electron chi connectivity index (χ0n) is 12.1. The summed E-state index contributed by atoms with van der Waals surface area (Å²) in [6.45, 7) is 5.28. The summed E-state index contributed by atoms with van der Waals surface area (Å²) in [7, 11) is 0. The third-order valence-electron chi connectivity index (χ3n) is 5.66. The molecule has 2 saturated heterocycles. The number of fused-ring (bicyclic) bond motifs is 1. The molecule has 1 amide bonds. The molecule has 3 aliphatic rings. The van der Waals surface area contributed by atoms with Crippen molar-refractivity contribution in [3.8, 4) is 0 Å². The first-order valence-corrected chi connectivity index (χ1v) is 7.94. The van der Waals surface area contributed by atoms with E-state index in [1.54, 1.807) is 0 Å². The van der Waals surface area contributed by atoms with Crippen molar-refractivity contribution in [3.05, 3.63) is 24.0 Å². The van der Waals surface area contributed by atoms with Gasteiger partial charge in [-0.3, -0.25) is 4.79 Å². The topological polar surface area (TPSA) is 37.3 Å². The number of likely N-dealkylation sites (tertiary alicyclic amines) is 1. The molecule has 1 N–H and O–H groups in total. The van der Waals surface area contributed by atoms with Gasteiger partial charge in [0.05, 0.1) is 0 Å². The van der Waals surface area contributed by atoms with Crippen LogP contribution in [0.3, 0.4) is 0 Å². The maximum Gasteiger partial charge on any atom is 0.270 e. The van der Waals surface area contributed by atoms with Crippen molar-refractivity contribution in [2.75, 3.05) is 19.6 Å². The van der Waals surface area contributed by atoms with Crippen molar-refractivity contribution in [1.29, 1.82) is 0 Å². The van der Waals surface area contributed by atoms with E-state index in [4.69, 9.17) is 0 Å². The Labute approximate surface area is 120 Å². The van der Waals surface area contributed by atoms with Crippen molar-refractivity contribution in [3.63, 3.8) is 0 Å². The van der Waals surface area contributed by atoms with E-state index in [9.17, 15) is 4.79 Å². The smallest absolute Gasteiger partial charge is 0.270 e. The van der Waals surface area contributed by atoms with Crippen LogP contribution in [0.4, 0.5) is 0 Å². The second-order valence-corrected chi connectivity index (χ2v) is 6.67. The molecule has 1 aliphatic carbocycles. The minimum Gasteiger partial charge on any atom is -0.340 e. The van der Waals surface area contributed by atoms with Crippen LogP contribution in [0.5, 0.6) is 0 Å². The van der Waals surface area contributed by atoms with E-state index < -0.39 is 0 Å². The molecule has 108 valence electrons. The molecule has 1 aromatic heterocycles. The minimum atomic E-state index is 0.240. The van der Waals surface area contributed by atoms with Crippen LogP contribution in [0, 0.1) is 11.8 Å². The minimum absolute atomic E-state index is 0.240. The third kappa shape index (κ3) is 1.74. The number of aromatic nitrogens is 1. The molecule has 0 radical (unpaired) electrons. The van der Waals surface area contributed by atoms with Gasteiger partial charge in [0.25, 0.3) is 5.91 Å². The lowest BCUT2D eigenvalue weighted by atomic mass is 9.93. The number of carbonyl (C=O) groups is 1. The fourth-order valence-corrected chi connectivity index (χ4v) is 4.14. The van der Waals surface area contributed by atoms with Gasteiger partial charge in [0.1, 0.15) is 5.69 Å². The zero-order valence-corrected chi connectivity index (χ0v) is 12.1. The number of rotatable bonds is 2. The van der Waals surface area contributed by atoms with E-state index in [1.165, 1.54) is 19.3 Å². The lowest BCUT2D eigenvalue weighted by molar-refractivity contribution is 0.0711. The first-order valence-electron chi connectivity index (χ1n) is 7.94. The van der Waals surface area contributed by atoms with Gasteiger partial charge in [-0.1, -0.05) is 0 Å². The predicted octanol–water partition coefficient (Wildman–Crippen LogP) is 1.89. The number of carbonyl (C=O) groups excluding carboxylic acids is 1. The Morgan fingerprint density at radius 2 is 2.20 bits per heavy atom. The van der Waals surface area contributed by atoms with Gasteiger partial charge in [-0.05, 0) is 50.2 Å². The van der Waals surface area contributed by atoms with Crippen LogP contribution in [0.2, 0.25) is 0 Å².